The van der Waals surface area contributed by atoms with E-state index in [-0.39, 0.29) is 5.91 Å². The molecule has 0 aliphatic carbocycles. The summed E-state index contributed by atoms with van der Waals surface area (Å²) in [6.45, 7) is 4.52. The van der Waals surface area contributed by atoms with Gasteiger partial charge in [0.25, 0.3) is 5.91 Å². The highest BCUT2D eigenvalue weighted by Crippen LogP contribution is 2.24. The van der Waals surface area contributed by atoms with E-state index in [9.17, 15) is 4.79 Å². The van der Waals surface area contributed by atoms with Gasteiger partial charge in [-0.1, -0.05) is 55.2 Å². The third-order valence-electron chi connectivity index (χ3n) is 4.10. The van der Waals surface area contributed by atoms with E-state index in [2.05, 4.69) is 24.4 Å². The van der Waals surface area contributed by atoms with Crippen molar-refractivity contribution in [2.75, 3.05) is 0 Å². The van der Waals surface area contributed by atoms with E-state index in [4.69, 9.17) is 27.9 Å². The molecule has 3 rings (SSSR count). The fourth-order valence-corrected chi connectivity index (χ4v) is 3.86. The average Bonchev–Trinajstić information content (AvgIpc) is 3.18. The molecular formula is C22H20Cl2N2O2S. The summed E-state index contributed by atoms with van der Waals surface area (Å²) in [6, 6.07) is 14.6. The van der Waals surface area contributed by atoms with Crippen LogP contribution in [-0.4, -0.2) is 12.1 Å². The van der Waals surface area contributed by atoms with Crippen LogP contribution in [0.1, 0.15) is 46.1 Å². The summed E-state index contributed by atoms with van der Waals surface area (Å²) in [5, 5.41) is 7.03. The molecule has 0 bridgehead atoms. The smallest absolute Gasteiger partial charge is 0.272 e. The Hall–Kier alpha value is -2.34. The van der Waals surface area contributed by atoms with E-state index in [1.807, 2.05) is 41.8 Å². The third kappa shape index (κ3) is 6.07. The molecule has 0 atom stereocenters. The Labute approximate surface area is 184 Å². The van der Waals surface area contributed by atoms with Gasteiger partial charge < -0.3 is 4.74 Å². The van der Waals surface area contributed by atoms with Gasteiger partial charge in [0.15, 0.2) is 0 Å². The van der Waals surface area contributed by atoms with Crippen LogP contribution in [0.15, 0.2) is 59.0 Å². The molecule has 0 unspecified atom stereocenters. The van der Waals surface area contributed by atoms with Crippen LogP contribution in [0.3, 0.4) is 0 Å². The zero-order chi connectivity index (χ0) is 20.8. The molecule has 0 spiro atoms. The lowest BCUT2D eigenvalue weighted by Crippen LogP contribution is -2.16. The lowest BCUT2D eigenvalue weighted by Gasteiger charge is -2.08. The fourth-order valence-electron chi connectivity index (χ4n) is 2.49. The summed E-state index contributed by atoms with van der Waals surface area (Å²) in [5.41, 5.74) is 4.82. The molecule has 0 saturated heterocycles. The molecule has 3 aromatic rings. The normalized spacial score (nSPS) is 11.2. The van der Waals surface area contributed by atoms with Crippen molar-refractivity contribution in [1.82, 2.24) is 5.43 Å². The summed E-state index contributed by atoms with van der Waals surface area (Å²) in [7, 11) is 0. The van der Waals surface area contributed by atoms with Crippen LogP contribution < -0.4 is 10.2 Å². The largest absolute Gasteiger partial charge is 0.489 e. The first kappa shape index (κ1) is 21.4. The molecule has 150 valence electrons. The molecule has 7 heteroatoms. The number of thiophene rings is 1. The van der Waals surface area contributed by atoms with Gasteiger partial charge in [-0.2, -0.15) is 5.10 Å². The highest BCUT2D eigenvalue weighted by Gasteiger charge is 2.09. The molecule has 1 amide bonds. The van der Waals surface area contributed by atoms with Crippen molar-refractivity contribution in [3.8, 4) is 5.75 Å². The van der Waals surface area contributed by atoms with Crippen molar-refractivity contribution in [2.45, 2.75) is 26.4 Å². The van der Waals surface area contributed by atoms with Gasteiger partial charge in [-0.15, -0.1) is 11.3 Å². The summed E-state index contributed by atoms with van der Waals surface area (Å²) < 4.78 is 5.80. The molecule has 0 aliphatic heterocycles. The van der Waals surface area contributed by atoms with E-state index in [0.29, 0.717) is 33.9 Å². The highest BCUT2D eigenvalue weighted by molar-refractivity contribution is 7.10. The number of halogens is 2. The number of hydrazone groups is 1. The molecule has 0 saturated carbocycles. The third-order valence-corrected chi connectivity index (χ3v) is 5.92. The number of amides is 1. The van der Waals surface area contributed by atoms with Crippen LogP contribution in [0.2, 0.25) is 10.0 Å². The van der Waals surface area contributed by atoms with Gasteiger partial charge in [0.1, 0.15) is 12.4 Å². The first-order valence-corrected chi connectivity index (χ1v) is 10.6. The molecule has 1 aromatic heterocycles. The molecule has 0 radical (unpaired) electrons. The Morgan fingerprint density at radius 2 is 2.03 bits per heavy atom. The molecule has 4 nitrogen and oxygen atoms in total. The van der Waals surface area contributed by atoms with Crippen molar-refractivity contribution in [3.05, 3.63) is 85.5 Å². The van der Waals surface area contributed by atoms with Gasteiger partial charge in [0.2, 0.25) is 0 Å². The van der Waals surface area contributed by atoms with Crippen molar-refractivity contribution in [2.24, 2.45) is 5.10 Å². The minimum atomic E-state index is -0.228. The second kappa shape index (κ2) is 9.92. The van der Waals surface area contributed by atoms with E-state index >= 15 is 0 Å². The molecular weight excluding hydrogens is 427 g/mol. The van der Waals surface area contributed by atoms with E-state index < -0.39 is 0 Å². The number of nitrogens with one attached hydrogen (secondary N) is 1. The Morgan fingerprint density at radius 3 is 2.76 bits per heavy atom. The number of benzene rings is 2. The van der Waals surface area contributed by atoms with Crippen molar-refractivity contribution < 1.29 is 9.53 Å². The fraction of sp³-hybridized carbons (Fsp3) is 0.182. The number of rotatable bonds is 7. The Morgan fingerprint density at radius 1 is 1.21 bits per heavy atom. The number of carbonyl (C=O) groups is 1. The van der Waals surface area contributed by atoms with Crippen LogP contribution in [0, 0.1) is 0 Å². The second-order valence-electron chi connectivity index (χ2n) is 6.69. The zero-order valence-corrected chi connectivity index (χ0v) is 18.3. The molecule has 1 N–H and O–H groups in total. The van der Waals surface area contributed by atoms with Crippen LogP contribution in [-0.2, 0) is 6.61 Å². The predicted molar refractivity (Wildman–Crippen MR) is 121 cm³/mol. The van der Waals surface area contributed by atoms with Gasteiger partial charge in [0.05, 0.1) is 11.8 Å². The lowest BCUT2D eigenvalue weighted by atomic mass is 10.1. The van der Waals surface area contributed by atoms with Gasteiger partial charge in [0, 0.05) is 25.9 Å². The van der Waals surface area contributed by atoms with E-state index in [1.54, 1.807) is 29.7 Å². The number of ether oxygens (including phenoxy) is 1. The van der Waals surface area contributed by atoms with E-state index in [1.165, 1.54) is 4.88 Å². The average molecular weight is 447 g/mol. The summed E-state index contributed by atoms with van der Waals surface area (Å²) in [6.07, 6.45) is 1.58. The second-order valence-corrected chi connectivity index (χ2v) is 8.47. The van der Waals surface area contributed by atoms with Crippen molar-refractivity contribution in [3.63, 3.8) is 0 Å². The summed E-state index contributed by atoms with van der Waals surface area (Å²) in [4.78, 5) is 13.4. The van der Waals surface area contributed by atoms with Gasteiger partial charge in [-0.3, -0.25) is 4.79 Å². The van der Waals surface area contributed by atoms with Crippen molar-refractivity contribution >= 4 is 46.7 Å². The molecule has 29 heavy (non-hydrogen) atoms. The SMILES string of the molecule is CC(C)c1cc(C(=O)N/N=C/c2cccc(OCc3ccc(Cl)cc3Cl)c2)cs1. The number of carbonyl (C=O) groups excluding carboxylic acids is 1. The Balaban J connectivity index is 1.58. The number of hydrogen-bond acceptors (Lipinski definition) is 4. The van der Waals surface area contributed by atoms with Gasteiger partial charge in [-0.25, -0.2) is 5.43 Å². The maximum absolute atomic E-state index is 12.2. The summed E-state index contributed by atoms with van der Waals surface area (Å²) in [5.74, 6) is 0.843. The highest BCUT2D eigenvalue weighted by atomic mass is 35.5. The summed E-state index contributed by atoms with van der Waals surface area (Å²) >= 11 is 13.7. The molecule has 2 aromatic carbocycles. The van der Waals surface area contributed by atoms with Crippen molar-refractivity contribution in [1.29, 1.82) is 0 Å². The minimum absolute atomic E-state index is 0.228. The van der Waals surface area contributed by atoms with Crippen LogP contribution in [0.25, 0.3) is 0 Å². The molecule has 1 heterocycles. The zero-order valence-electron chi connectivity index (χ0n) is 16.0. The molecule has 0 fully saturated rings. The lowest BCUT2D eigenvalue weighted by molar-refractivity contribution is 0.0955. The van der Waals surface area contributed by atoms with Gasteiger partial charge >= 0.3 is 0 Å². The van der Waals surface area contributed by atoms with Gasteiger partial charge in [-0.05, 0) is 41.8 Å². The molecule has 0 aliphatic rings. The first-order chi connectivity index (χ1) is 13.9. The maximum Gasteiger partial charge on any atom is 0.272 e. The van der Waals surface area contributed by atoms with Crippen LogP contribution >= 0.6 is 34.5 Å². The monoisotopic (exact) mass is 446 g/mol. The van der Waals surface area contributed by atoms with Crippen LogP contribution in [0.4, 0.5) is 0 Å². The Bertz CT molecular complexity index is 1030. The predicted octanol–water partition coefficient (Wildman–Crippen LogP) is 6.52. The number of nitrogens with zero attached hydrogens (tertiary/aromatic N) is 1. The first-order valence-electron chi connectivity index (χ1n) is 9.01. The topological polar surface area (TPSA) is 50.7 Å². The van der Waals surface area contributed by atoms with E-state index in [0.717, 1.165) is 11.1 Å². The minimum Gasteiger partial charge on any atom is -0.489 e. The maximum atomic E-state index is 12.2. The van der Waals surface area contributed by atoms with Crippen LogP contribution in [0.5, 0.6) is 5.75 Å². The quantitative estimate of drug-likeness (QED) is 0.331. The number of hydrogen-bond donors (Lipinski definition) is 1. The standard InChI is InChI=1S/C22H20Cl2N2O2S/c1-14(2)21-9-17(13-29-21)22(27)26-25-11-15-4-3-5-19(8-15)28-12-16-6-7-18(23)10-20(16)24/h3-11,13-14H,12H2,1-2H3,(H,26,27)/b25-11+. The Kier molecular flexibility index (Phi) is 7.31.